The van der Waals surface area contributed by atoms with Crippen LogP contribution in [0.1, 0.15) is 30.4 Å². The molecule has 1 aliphatic heterocycles. The molecule has 1 heterocycles. The predicted octanol–water partition coefficient (Wildman–Crippen LogP) is 0.464. The fourth-order valence-electron chi connectivity index (χ4n) is 2.63. The van der Waals surface area contributed by atoms with Crippen molar-refractivity contribution in [3.63, 3.8) is 0 Å². The molecule has 0 aliphatic carbocycles. The highest BCUT2D eigenvalue weighted by molar-refractivity contribution is 5.47. The van der Waals surface area contributed by atoms with Crippen LogP contribution in [0.3, 0.4) is 0 Å². The molecule has 94 valence electrons. The Kier molecular flexibility index (Phi) is 5.23. The first-order valence-electron chi connectivity index (χ1n) is 6.27. The van der Waals surface area contributed by atoms with E-state index in [1.807, 2.05) is 6.08 Å². The van der Waals surface area contributed by atoms with Crippen LogP contribution in [0.15, 0.2) is 30.8 Å². The third-order valence-corrected chi connectivity index (χ3v) is 3.68. The summed E-state index contributed by atoms with van der Waals surface area (Å²) < 4.78 is 1.22. The number of piperidine rings is 1. The lowest BCUT2D eigenvalue weighted by Gasteiger charge is -2.37. The van der Waals surface area contributed by atoms with Crippen LogP contribution in [0, 0.1) is 0 Å². The van der Waals surface area contributed by atoms with Crippen LogP contribution in [0.5, 0.6) is 0 Å². The number of rotatable bonds is 3. The summed E-state index contributed by atoms with van der Waals surface area (Å²) in [5.41, 5.74) is 2.67. The zero-order chi connectivity index (χ0) is 11.4. The molecular formula is C15H22ClN. The van der Waals surface area contributed by atoms with Gasteiger partial charge in [-0.2, -0.15) is 0 Å². The van der Waals surface area contributed by atoms with Crippen LogP contribution in [-0.2, 0) is 6.54 Å². The smallest absolute Gasteiger partial charge is 0.104 e. The second-order valence-corrected chi connectivity index (χ2v) is 5.23. The Morgan fingerprint density at radius 2 is 1.71 bits per heavy atom. The lowest BCUT2D eigenvalue weighted by atomic mass is 10.1. The average molecular weight is 252 g/mol. The molecule has 1 nitrogen and oxygen atoms in total. The molecule has 0 bridgehead atoms. The number of quaternary nitrogens is 1. The fraction of sp³-hybridized carbons (Fsp3) is 0.467. The molecule has 0 amide bonds. The van der Waals surface area contributed by atoms with Crippen molar-refractivity contribution in [1.82, 2.24) is 0 Å². The van der Waals surface area contributed by atoms with Crippen molar-refractivity contribution in [2.24, 2.45) is 0 Å². The van der Waals surface area contributed by atoms with Crippen LogP contribution in [0.25, 0.3) is 6.08 Å². The number of nitrogens with zero attached hydrogens (tertiary/aromatic N) is 1. The molecule has 1 saturated heterocycles. The standard InChI is InChI=1S/C15H22N.ClH/c1-3-14-7-9-15(10-8-14)13-16(2)11-5-4-6-12-16;/h3,7-10H,1,4-6,11-13H2,2H3;1H/q+1;/p-1. The van der Waals surface area contributed by atoms with E-state index in [0.717, 1.165) is 0 Å². The second-order valence-electron chi connectivity index (χ2n) is 5.23. The summed E-state index contributed by atoms with van der Waals surface area (Å²) in [6.07, 6.45) is 6.10. The minimum atomic E-state index is 0. The van der Waals surface area contributed by atoms with Crippen molar-refractivity contribution in [3.05, 3.63) is 42.0 Å². The van der Waals surface area contributed by atoms with Crippen LogP contribution in [0.4, 0.5) is 0 Å². The molecule has 0 saturated carbocycles. The van der Waals surface area contributed by atoms with Crippen molar-refractivity contribution < 1.29 is 16.9 Å². The minimum absolute atomic E-state index is 0. The van der Waals surface area contributed by atoms with Crippen molar-refractivity contribution in [1.29, 1.82) is 0 Å². The molecule has 0 radical (unpaired) electrons. The van der Waals surface area contributed by atoms with Crippen LogP contribution < -0.4 is 12.4 Å². The summed E-state index contributed by atoms with van der Waals surface area (Å²) in [6, 6.07) is 8.82. The SMILES string of the molecule is C=Cc1ccc(C[N+]2(C)CCCCC2)cc1.[Cl-]. The van der Waals surface area contributed by atoms with E-state index in [1.165, 1.54) is 54.5 Å². The van der Waals surface area contributed by atoms with Gasteiger partial charge in [-0.3, -0.25) is 0 Å². The average Bonchev–Trinajstić information content (AvgIpc) is 2.30. The first-order chi connectivity index (χ1) is 7.72. The third kappa shape index (κ3) is 3.86. The minimum Gasteiger partial charge on any atom is -1.00 e. The van der Waals surface area contributed by atoms with E-state index in [2.05, 4.69) is 37.9 Å². The van der Waals surface area contributed by atoms with Gasteiger partial charge in [0, 0.05) is 5.56 Å². The summed E-state index contributed by atoms with van der Waals surface area (Å²) in [5.74, 6) is 0. The quantitative estimate of drug-likeness (QED) is 0.685. The molecule has 1 aromatic carbocycles. The summed E-state index contributed by atoms with van der Waals surface area (Å²) in [6.45, 7) is 7.64. The van der Waals surface area contributed by atoms with Crippen LogP contribution >= 0.6 is 0 Å². The van der Waals surface area contributed by atoms with E-state index in [0.29, 0.717) is 0 Å². The molecule has 1 aliphatic rings. The zero-order valence-electron chi connectivity index (χ0n) is 10.7. The van der Waals surface area contributed by atoms with Gasteiger partial charge in [-0.25, -0.2) is 0 Å². The van der Waals surface area contributed by atoms with Crippen molar-refractivity contribution in [2.45, 2.75) is 25.8 Å². The maximum absolute atomic E-state index is 3.79. The van der Waals surface area contributed by atoms with E-state index >= 15 is 0 Å². The van der Waals surface area contributed by atoms with E-state index in [4.69, 9.17) is 0 Å². The van der Waals surface area contributed by atoms with E-state index in [1.54, 1.807) is 0 Å². The molecule has 1 fully saturated rings. The van der Waals surface area contributed by atoms with Gasteiger partial charge in [-0.15, -0.1) is 0 Å². The van der Waals surface area contributed by atoms with Crippen molar-refractivity contribution >= 4 is 6.08 Å². The maximum Gasteiger partial charge on any atom is 0.104 e. The highest BCUT2D eigenvalue weighted by Gasteiger charge is 2.24. The molecule has 2 rings (SSSR count). The number of benzene rings is 1. The predicted molar refractivity (Wildman–Crippen MR) is 70.0 cm³/mol. The number of hydrogen-bond acceptors (Lipinski definition) is 0. The maximum atomic E-state index is 3.79. The van der Waals surface area contributed by atoms with Gasteiger partial charge in [0.25, 0.3) is 0 Å². The van der Waals surface area contributed by atoms with Gasteiger partial charge in [0.2, 0.25) is 0 Å². The largest absolute Gasteiger partial charge is 1.00 e. The van der Waals surface area contributed by atoms with E-state index in [-0.39, 0.29) is 12.4 Å². The zero-order valence-corrected chi connectivity index (χ0v) is 11.4. The van der Waals surface area contributed by atoms with Crippen molar-refractivity contribution in [2.75, 3.05) is 20.1 Å². The monoisotopic (exact) mass is 251 g/mol. The number of hydrogen-bond donors (Lipinski definition) is 0. The van der Waals surface area contributed by atoms with Gasteiger partial charge in [0.1, 0.15) is 6.54 Å². The molecule has 0 N–H and O–H groups in total. The Hall–Kier alpha value is -0.790. The lowest BCUT2D eigenvalue weighted by Crippen LogP contribution is -3.00. The number of likely N-dealkylation sites (tertiary alicyclic amines) is 1. The lowest BCUT2D eigenvalue weighted by molar-refractivity contribution is -0.926. The summed E-state index contributed by atoms with van der Waals surface area (Å²) >= 11 is 0. The third-order valence-electron chi connectivity index (χ3n) is 3.68. The molecule has 1 aromatic rings. The highest BCUT2D eigenvalue weighted by atomic mass is 35.5. The van der Waals surface area contributed by atoms with Crippen LogP contribution in [0.2, 0.25) is 0 Å². The molecule has 0 aromatic heterocycles. The molecule has 17 heavy (non-hydrogen) atoms. The summed E-state index contributed by atoms with van der Waals surface area (Å²) in [7, 11) is 2.39. The topological polar surface area (TPSA) is 0 Å². The Bertz CT molecular complexity index is 350. The Balaban J connectivity index is 0.00000144. The van der Waals surface area contributed by atoms with E-state index in [9.17, 15) is 0 Å². The summed E-state index contributed by atoms with van der Waals surface area (Å²) in [5, 5.41) is 0. The molecular weight excluding hydrogens is 230 g/mol. The Labute approximate surface area is 111 Å². The van der Waals surface area contributed by atoms with Gasteiger partial charge in [0.15, 0.2) is 0 Å². The van der Waals surface area contributed by atoms with Gasteiger partial charge in [-0.05, 0) is 24.8 Å². The van der Waals surface area contributed by atoms with Crippen LogP contribution in [-0.4, -0.2) is 24.6 Å². The molecule has 0 atom stereocenters. The first kappa shape index (κ1) is 14.3. The van der Waals surface area contributed by atoms with Gasteiger partial charge >= 0.3 is 0 Å². The van der Waals surface area contributed by atoms with Gasteiger partial charge in [0.05, 0.1) is 20.1 Å². The Morgan fingerprint density at radius 3 is 2.24 bits per heavy atom. The Morgan fingerprint density at radius 1 is 1.12 bits per heavy atom. The van der Waals surface area contributed by atoms with Gasteiger partial charge in [-0.1, -0.05) is 36.9 Å². The second kappa shape index (κ2) is 6.23. The summed E-state index contributed by atoms with van der Waals surface area (Å²) in [4.78, 5) is 0. The highest BCUT2D eigenvalue weighted by Crippen LogP contribution is 2.20. The number of halogens is 1. The van der Waals surface area contributed by atoms with Crippen molar-refractivity contribution in [3.8, 4) is 0 Å². The first-order valence-corrected chi connectivity index (χ1v) is 6.27. The fourth-order valence-corrected chi connectivity index (χ4v) is 2.63. The molecule has 2 heteroatoms. The molecule has 0 unspecified atom stereocenters. The van der Waals surface area contributed by atoms with E-state index < -0.39 is 0 Å². The normalized spacial score (nSPS) is 18.2. The van der Waals surface area contributed by atoms with Gasteiger partial charge < -0.3 is 16.9 Å². The molecule has 0 spiro atoms.